The summed E-state index contributed by atoms with van der Waals surface area (Å²) in [5, 5.41) is 1.16. The monoisotopic (exact) mass is 329 g/mol. The number of anilines is 1. The van der Waals surface area contributed by atoms with Crippen molar-refractivity contribution in [2.45, 2.75) is 12.1 Å². The zero-order valence-electron chi connectivity index (χ0n) is 12.9. The number of fused-ring (bicyclic) bond motifs is 1. The molecule has 0 N–H and O–H groups in total. The molecule has 2 aromatic carbocycles. The molecule has 3 heterocycles. The molecule has 1 fully saturated rings. The van der Waals surface area contributed by atoms with Crippen LogP contribution in [0.2, 0.25) is 0 Å². The first kappa shape index (κ1) is 13.7. The molecule has 0 bridgehead atoms. The average molecular weight is 329 g/mol. The number of aromatic nitrogens is 2. The highest BCUT2D eigenvalue weighted by Crippen LogP contribution is 2.57. The third-order valence-corrected chi connectivity index (χ3v) is 5.52. The van der Waals surface area contributed by atoms with Crippen LogP contribution in [0.15, 0.2) is 79.0 Å². The zero-order chi connectivity index (χ0) is 15.9. The van der Waals surface area contributed by atoms with Gasteiger partial charge in [0, 0.05) is 11.9 Å². The Bertz CT molecular complexity index is 903. The fourth-order valence-corrected chi connectivity index (χ4v) is 4.38. The van der Waals surface area contributed by atoms with Crippen LogP contribution in [0.25, 0.3) is 10.2 Å². The molecule has 0 unspecified atom stereocenters. The summed E-state index contributed by atoms with van der Waals surface area (Å²) in [7, 11) is 0. The molecule has 1 aliphatic heterocycles. The van der Waals surface area contributed by atoms with Gasteiger partial charge in [-0.3, -0.25) is 4.98 Å². The zero-order valence-corrected chi connectivity index (χ0v) is 13.7. The summed E-state index contributed by atoms with van der Waals surface area (Å²) in [4.78, 5) is 11.9. The summed E-state index contributed by atoms with van der Waals surface area (Å²) in [5.74, 6) is 0. The van der Waals surface area contributed by atoms with E-state index in [4.69, 9.17) is 4.98 Å². The van der Waals surface area contributed by atoms with Gasteiger partial charge in [0.2, 0.25) is 0 Å². The van der Waals surface area contributed by atoms with Crippen molar-refractivity contribution in [1.29, 1.82) is 0 Å². The third kappa shape index (κ3) is 2.19. The largest absolute Gasteiger partial charge is 0.348 e. The lowest BCUT2D eigenvalue weighted by atomic mass is 10.2. The van der Waals surface area contributed by atoms with Crippen molar-refractivity contribution >= 4 is 27.2 Å². The van der Waals surface area contributed by atoms with Crippen LogP contribution in [0.3, 0.4) is 0 Å². The number of nitrogens with zero attached hydrogens (tertiary/aromatic N) is 3. The maximum atomic E-state index is 4.88. The van der Waals surface area contributed by atoms with E-state index in [1.807, 2.05) is 18.3 Å². The van der Waals surface area contributed by atoms with E-state index in [2.05, 4.69) is 70.5 Å². The maximum Gasteiger partial charge on any atom is 0.119 e. The standard InChI is InChI=1S/C20H15N3S/c1-2-8-14(9-3-1)23-18(16-11-6-7-13-21-16)19(23)20-22-15-10-4-5-12-17(15)24-20/h1-13,18-19H/t18-,19-,23?/m0/s1. The van der Waals surface area contributed by atoms with Crippen LogP contribution in [-0.2, 0) is 0 Å². The molecule has 0 aliphatic carbocycles. The average Bonchev–Trinajstić information content (AvgIpc) is 3.26. The Balaban J connectivity index is 1.59. The van der Waals surface area contributed by atoms with E-state index in [1.165, 1.54) is 10.4 Å². The van der Waals surface area contributed by atoms with E-state index in [-0.39, 0.29) is 12.1 Å². The molecule has 4 heteroatoms. The van der Waals surface area contributed by atoms with Gasteiger partial charge in [-0.2, -0.15) is 0 Å². The number of hydrogen-bond donors (Lipinski definition) is 0. The fourth-order valence-electron chi connectivity index (χ4n) is 3.28. The molecule has 0 radical (unpaired) electrons. The minimum atomic E-state index is 0.258. The Labute approximate surface area is 144 Å². The number of benzene rings is 2. The molecule has 0 spiro atoms. The van der Waals surface area contributed by atoms with Crippen LogP contribution in [0.4, 0.5) is 5.69 Å². The minimum absolute atomic E-state index is 0.258. The van der Waals surface area contributed by atoms with E-state index in [1.54, 1.807) is 11.3 Å². The summed E-state index contributed by atoms with van der Waals surface area (Å²) in [6.45, 7) is 0. The molecule has 0 saturated carbocycles. The Morgan fingerprint density at radius 2 is 1.58 bits per heavy atom. The second kappa shape index (κ2) is 5.42. The number of rotatable bonds is 3. The van der Waals surface area contributed by atoms with Gasteiger partial charge in [0.1, 0.15) is 11.0 Å². The lowest BCUT2D eigenvalue weighted by Gasteiger charge is -2.04. The van der Waals surface area contributed by atoms with E-state index in [0.717, 1.165) is 16.2 Å². The first-order valence-corrected chi connectivity index (χ1v) is 8.83. The molecular weight excluding hydrogens is 314 g/mol. The predicted octanol–water partition coefficient (Wildman–Crippen LogP) is 4.99. The Morgan fingerprint density at radius 1 is 0.792 bits per heavy atom. The number of para-hydroxylation sites is 2. The maximum absolute atomic E-state index is 4.88. The van der Waals surface area contributed by atoms with Crippen LogP contribution < -0.4 is 4.90 Å². The third-order valence-electron chi connectivity index (χ3n) is 4.42. The minimum Gasteiger partial charge on any atom is -0.348 e. The highest BCUT2D eigenvalue weighted by Gasteiger charge is 2.52. The fraction of sp³-hybridized carbons (Fsp3) is 0.100. The van der Waals surface area contributed by atoms with Gasteiger partial charge in [-0.1, -0.05) is 36.4 Å². The van der Waals surface area contributed by atoms with Crippen molar-refractivity contribution < 1.29 is 0 Å². The van der Waals surface area contributed by atoms with Crippen molar-refractivity contribution in [3.63, 3.8) is 0 Å². The molecule has 116 valence electrons. The van der Waals surface area contributed by atoms with Gasteiger partial charge in [0.05, 0.1) is 22.0 Å². The van der Waals surface area contributed by atoms with Gasteiger partial charge < -0.3 is 4.90 Å². The summed E-state index contributed by atoms with van der Waals surface area (Å²) in [6.07, 6.45) is 1.87. The van der Waals surface area contributed by atoms with E-state index >= 15 is 0 Å². The molecule has 1 saturated heterocycles. The predicted molar refractivity (Wildman–Crippen MR) is 98.3 cm³/mol. The second-order valence-electron chi connectivity index (χ2n) is 5.91. The molecule has 2 atom stereocenters. The van der Waals surface area contributed by atoms with Crippen LogP contribution in [0.1, 0.15) is 22.8 Å². The topological polar surface area (TPSA) is 28.8 Å². The van der Waals surface area contributed by atoms with Crippen LogP contribution >= 0.6 is 11.3 Å². The van der Waals surface area contributed by atoms with Gasteiger partial charge in [-0.25, -0.2) is 4.98 Å². The first-order chi connectivity index (χ1) is 11.9. The van der Waals surface area contributed by atoms with Crippen molar-refractivity contribution in [3.8, 4) is 0 Å². The molecule has 1 aliphatic rings. The van der Waals surface area contributed by atoms with Crippen molar-refractivity contribution in [2.75, 3.05) is 4.90 Å². The van der Waals surface area contributed by atoms with Gasteiger partial charge in [-0.15, -0.1) is 11.3 Å². The van der Waals surface area contributed by atoms with Gasteiger partial charge in [0.15, 0.2) is 0 Å². The van der Waals surface area contributed by atoms with Crippen LogP contribution in [0, 0.1) is 0 Å². The second-order valence-corrected chi connectivity index (χ2v) is 6.97. The molecule has 2 aromatic heterocycles. The molecule has 4 aromatic rings. The van der Waals surface area contributed by atoms with E-state index < -0.39 is 0 Å². The van der Waals surface area contributed by atoms with E-state index in [9.17, 15) is 0 Å². The highest BCUT2D eigenvalue weighted by molar-refractivity contribution is 7.18. The summed E-state index contributed by atoms with van der Waals surface area (Å²) < 4.78 is 1.24. The lowest BCUT2D eigenvalue weighted by Crippen LogP contribution is -1.96. The Morgan fingerprint density at radius 3 is 2.38 bits per heavy atom. The number of pyridine rings is 1. The Kier molecular flexibility index (Phi) is 3.10. The molecule has 0 amide bonds. The van der Waals surface area contributed by atoms with E-state index in [0.29, 0.717) is 0 Å². The van der Waals surface area contributed by atoms with Crippen molar-refractivity contribution in [2.24, 2.45) is 0 Å². The summed E-state index contributed by atoms with van der Waals surface area (Å²) >= 11 is 1.78. The first-order valence-electron chi connectivity index (χ1n) is 8.01. The number of thiazole rings is 1. The molecular formula is C20H15N3S. The molecule has 3 nitrogen and oxygen atoms in total. The Hall–Kier alpha value is -2.72. The smallest absolute Gasteiger partial charge is 0.119 e. The SMILES string of the molecule is c1ccc(N2[C@H](c3nc4ccccc4s3)[C@@H]2c2ccccn2)cc1. The number of hydrogen-bond acceptors (Lipinski definition) is 4. The van der Waals surface area contributed by atoms with Gasteiger partial charge in [0.25, 0.3) is 0 Å². The summed E-state index contributed by atoms with van der Waals surface area (Å²) in [6, 6.07) is 25.5. The molecule has 24 heavy (non-hydrogen) atoms. The van der Waals surface area contributed by atoms with Crippen molar-refractivity contribution in [1.82, 2.24) is 9.97 Å². The van der Waals surface area contributed by atoms with Crippen LogP contribution in [-0.4, -0.2) is 9.97 Å². The quantitative estimate of drug-likeness (QED) is 0.496. The normalized spacial score (nSPS) is 19.6. The lowest BCUT2D eigenvalue weighted by molar-refractivity contribution is 0.959. The summed E-state index contributed by atoms with van der Waals surface area (Å²) in [5.41, 5.74) is 3.40. The highest BCUT2D eigenvalue weighted by atomic mass is 32.1. The van der Waals surface area contributed by atoms with Gasteiger partial charge >= 0.3 is 0 Å². The van der Waals surface area contributed by atoms with Crippen LogP contribution in [0.5, 0.6) is 0 Å². The van der Waals surface area contributed by atoms with Crippen molar-refractivity contribution in [3.05, 3.63) is 89.7 Å². The van der Waals surface area contributed by atoms with Gasteiger partial charge in [-0.05, 0) is 36.4 Å². The molecule has 5 rings (SSSR count).